The van der Waals surface area contributed by atoms with Crippen molar-refractivity contribution in [3.05, 3.63) is 35.4 Å². The maximum Gasteiger partial charge on any atom is 0.416 e. The summed E-state index contributed by atoms with van der Waals surface area (Å²) in [6, 6.07) is 4.77. The van der Waals surface area contributed by atoms with E-state index in [1.807, 2.05) is 0 Å². The first-order valence-corrected chi connectivity index (χ1v) is 4.58. The highest BCUT2D eigenvalue weighted by Gasteiger charge is 2.31. The van der Waals surface area contributed by atoms with Gasteiger partial charge in [-0.15, -0.1) is 0 Å². The minimum Gasteiger partial charge on any atom is -0.471 e. The van der Waals surface area contributed by atoms with Crippen LogP contribution >= 0.6 is 0 Å². The first-order chi connectivity index (χ1) is 7.57. The van der Waals surface area contributed by atoms with Gasteiger partial charge in [0.15, 0.2) is 6.61 Å². The van der Waals surface area contributed by atoms with Gasteiger partial charge in [0, 0.05) is 5.56 Å². The molecule has 0 bridgehead atoms. The molecule has 1 aliphatic heterocycles. The van der Waals surface area contributed by atoms with Crippen LogP contribution in [-0.4, -0.2) is 19.1 Å². The van der Waals surface area contributed by atoms with Crippen LogP contribution in [0.25, 0.3) is 0 Å². The smallest absolute Gasteiger partial charge is 0.416 e. The van der Waals surface area contributed by atoms with Gasteiger partial charge in [0.25, 0.3) is 5.90 Å². The lowest BCUT2D eigenvalue weighted by atomic mass is 10.1. The van der Waals surface area contributed by atoms with Gasteiger partial charge in [0.05, 0.1) is 5.56 Å². The van der Waals surface area contributed by atoms with E-state index in [0.29, 0.717) is 6.61 Å². The molecule has 0 aromatic heterocycles. The Kier molecular flexibility index (Phi) is 2.72. The van der Waals surface area contributed by atoms with Crippen molar-refractivity contribution in [1.82, 2.24) is 0 Å². The highest BCUT2D eigenvalue weighted by molar-refractivity contribution is 5.94. The lowest BCUT2D eigenvalue weighted by Crippen LogP contribution is -2.17. The number of hydrogen-bond donors (Lipinski definition) is 0. The molecule has 1 aromatic carbocycles. The Morgan fingerprint density at radius 2 is 2.00 bits per heavy atom. The standard InChI is InChI=1S/C10H8F3NO2/c11-10(12,13)8-3-1-2-7(6-8)9-14-16-5-4-15-9/h1-3,6H,4-5H2. The second kappa shape index (κ2) is 4.03. The second-order valence-electron chi connectivity index (χ2n) is 3.16. The first-order valence-electron chi connectivity index (χ1n) is 4.58. The van der Waals surface area contributed by atoms with E-state index in [9.17, 15) is 13.2 Å². The molecule has 0 radical (unpaired) electrons. The molecule has 16 heavy (non-hydrogen) atoms. The largest absolute Gasteiger partial charge is 0.471 e. The molecular weight excluding hydrogens is 223 g/mol. The van der Waals surface area contributed by atoms with E-state index < -0.39 is 11.7 Å². The van der Waals surface area contributed by atoms with E-state index in [2.05, 4.69) is 5.16 Å². The van der Waals surface area contributed by atoms with Crippen molar-refractivity contribution in [2.24, 2.45) is 5.16 Å². The summed E-state index contributed by atoms with van der Waals surface area (Å²) in [5.41, 5.74) is -0.476. The van der Waals surface area contributed by atoms with Crippen LogP contribution in [0, 0.1) is 0 Å². The zero-order valence-corrected chi connectivity index (χ0v) is 8.12. The lowest BCUT2D eigenvalue weighted by molar-refractivity contribution is -0.137. The maximum absolute atomic E-state index is 12.4. The normalized spacial score (nSPS) is 16.1. The van der Waals surface area contributed by atoms with Crippen LogP contribution in [0.1, 0.15) is 11.1 Å². The van der Waals surface area contributed by atoms with Crippen molar-refractivity contribution in [1.29, 1.82) is 0 Å². The Bertz CT molecular complexity index is 415. The molecule has 0 saturated carbocycles. The Balaban J connectivity index is 2.32. The van der Waals surface area contributed by atoms with Crippen LogP contribution in [0.2, 0.25) is 0 Å². The van der Waals surface area contributed by atoms with Crippen molar-refractivity contribution in [2.45, 2.75) is 6.18 Å². The summed E-state index contributed by atoms with van der Waals surface area (Å²) < 4.78 is 42.4. The SMILES string of the molecule is FC(F)(F)c1cccc(C2=NOCCO2)c1. The third-order valence-electron chi connectivity index (χ3n) is 2.00. The van der Waals surface area contributed by atoms with Gasteiger partial charge in [-0.25, -0.2) is 0 Å². The van der Waals surface area contributed by atoms with Gasteiger partial charge >= 0.3 is 6.18 Å². The van der Waals surface area contributed by atoms with Crippen LogP contribution in [0.15, 0.2) is 29.4 Å². The molecule has 3 nitrogen and oxygen atoms in total. The molecule has 1 heterocycles. The minimum atomic E-state index is -4.37. The number of ether oxygens (including phenoxy) is 1. The predicted molar refractivity (Wildman–Crippen MR) is 49.9 cm³/mol. The summed E-state index contributed by atoms with van der Waals surface area (Å²) >= 11 is 0. The Labute approximate surface area is 89.5 Å². The molecule has 0 unspecified atom stereocenters. The average molecular weight is 231 g/mol. The topological polar surface area (TPSA) is 30.8 Å². The fraction of sp³-hybridized carbons (Fsp3) is 0.300. The van der Waals surface area contributed by atoms with Crippen molar-refractivity contribution < 1.29 is 22.7 Å². The molecule has 0 fully saturated rings. The van der Waals surface area contributed by atoms with Crippen molar-refractivity contribution in [3.8, 4) is 0 Å². The second-order valence-corrected chi connectivity index (χ2v) is 3.16. The van der Waals surface area contributed by atoms with Gasteiger partial charge < -0.3 is 9.57 Å². The third-order valence-corrected chi connectivity index (χ3v) is 2.00. The molecule has 2 rings (SSSR count). The van der Waals surface area contributed by atoms with Gasteiger partial charge in [-0.1, -0.05) is 6.07 Å². The molecule has 0 spiro atoms. The van der Waals surface area contributed by atoms with Gasteiger partial charge in [0.1, 0.15) is 6.61 Å². The van der Waals surface area contributed by atoms with Crippen LogP contribution < -0.4 is 0 Å². The highest BCUT2D eigenvalue weighted by Crippen LogP contribution is 2.29. The summed E-state index contributed by atoms with van der Waals surface area (Å²) in [6.45, 7) is 0.595. The molecular formula is C10H8F3NO2. The monoisotopic (exact) mass is 231 g/mol. The summed E-state index contributed by atoms with van der Waals surface area (Å²) in [4.78, 5) is 4.74. The molecule has 0 aliphatic carbocycles. The maximum atomic E-state index is 12.4. The van der Waals surface area contributed by atoms with Gasteiger partial charge in [-0.05, 0) is 23.4 Å². The van der Waals surface area contributed by atoms with E-state index in [-0.39, 0.29) is 18.1 Å². The molecule has 1 aromatic rings. The predicted octanol–water partition coefficient (Wildman–Crippen LogP) is 2.41. The van der Waals surface area contributed by atoms with E-state index in [0.717, 1.165) is 12.1 Å². The Morgan fingerprint density at radius 1 is 1.19 bits per heavy atom. The Morgan fingerprint density at radius 3 is 2.62 bits per heavy atom. The molecule has 0 atom stereocenters. The number of alkyl halides is 3. The molecule has 0 amide bonds. The van der Waals surface area contributed by atoms with Gasteiger partial charge in [-0.2, -0.15) is 13.2 Å². The van der Waals surface area contributed by atoms with Gasteiger partial charge in [0.2, 0.25) is 0 Å². The Hall–Kier alpha value is -1.72. The van der Waals surface area contributed by atoms with Crippen molar-refractivity contribution in [2.75, 3.05) is 13.2 Å². The number of oxime groups is 1. The number of rotatable bonds is 1. The molecule has 1 aliphatic rings. The summed E-state index contributed by atoms with van der Waals surface area (Å²) in [6.07, 6.45) is -4.37. The zero-order valence-electron chi connectivity index (χ0n) is 8.12. The number of benzene rings is 1. The number of halogens is 3. The number of nitrogens with zero attached hydrogens (tertiary/aromatic N) is 1. The van der Waals surface area contributed by atoms with Crippen LogP contribution in [0.4, 0.5) is 13.2 Å². The van der Waals surface area contributed by atoms with Crippen molar-refractivity contribution >= 4 is 5.90 Å². The third kappa shape index (κ3) is 2.26. The average Bonchev–Trinajstić information content (AvgIpc) is 2.29. The fourth-order valence-corrected chi connectivity index (χ4v) is 1.27. The first kappa shape index (κ1) is 10.8. The zero-order chi connectivity index (χ0) is 11.6. The quantitative estimate of drug-likeness (QED) is 0.743. The van der Waals surface area contributed by atoms with Crippen LogP contribution in [-0.2, 0) is 15.8 Å². The minimum absolute atomic E-state index is 0.0809. The van der Waals surface area contributed by atoms with Crippen LogP contribution in [0.3, 0.4) is 0 Å². The number of hydrogen-bond acceptors (Lipinski definition) is 3. The summed E-state index contributed by atoms with van der Waals surface area (Å²) in [5, 5.41) is 3.55. The lowest BCUT2D eigenvalue weighted by Gasteiger charge is -2.14. The highest BCUT2D eigenvalue weighted by atomic mass is 19.4. The molecule has 0 saturated heterocycles. The van der Waals surface area contributed by atoms with E-state index in [4.69, 9.17) is 9.57 Å². The summed E-state index contributed by atoms with van der Waals surface area (Å²) in [7, 11) is 0. The van der Waals surface area contributed by atoms with Crippen LogP contribution in [0.5, 0.6) is 0 Å². The molecule has 6 heteroatoms. The fourth-order valence-electron chi connectivity index (χ4n) is 1.27. The van der Waals surface area contributed by atoms with Crippen molar-refractivity contribution in [3.63, 3.8) is 0 Å². The van der Waals surface area contributed by atoms with E-state index in [1.165, 1.54) is 12.1 Å². The van der Waals surface area contributed by atoms with E-state index in [1.54, 1.807) is 0 Å². The van der Waals surface area contributed by atoms with E-state index >= 15 is 0 Å². The molecule has 0 N–H and O–H groups in total. The summed E-state index contributed by atoms with van der Waals surface area (Å²) in [5.74, 6) is 0.0809. The van der Waals surface area contributed by atoms with Gasteiger partial charge in [-0.3, -0.25) is 0 Å². The molecule has 86 valence electrons.